The monoisotopic (exact) mass is 468 g/mol. The molecule has 3 unspecified atom stereocenters. The van der Waals surface area contributed by atoms with Gasteiger partial charge in [-0.15, -0.1) is 0 Å². The number of imide groups is 1. The van der Waals surface area contributed by atoms with E-state index in [1.807, 2.05) is 37.4 Å². The van der Waals surface area contributed by atoms with Crippen LogP contribution >= 0.6 is 0 Å². The van der Waals surface area contributed by atoms with Crippen LogP contribution in [0.1, 0.15) is 89.3 Å². The first-order valence-electron chi connectivity index (χ1n) is 12.4. The lowest BCUT2D eigenvalue weighted by Crippen LogP contribution is -2.47. The quantitative estimate of drug-likeness (QED) is 0.672. The molecule has 2 aromatic rings. The van der Waals surface area contributed by atoms with Crippen molar-refractivity contribution in [3.63, 3.8) is 0 Å². The minimum absolute atomic E-state index is 0.153. The fourth-order valence-electron chi connectivity index (χ4n) is 5.29. The van der Waals surface area contributed by atoms with Crippen molar-refractivity contribution in [2.45, 2.75) is 89.7 Å². The van der Waals surface area contributed by atoms with Crippen molar-refractivity contribution in [3.05, 3.63) is 29.5 Å². The molecule has 1 aromatic heterocycles. The second kappa shape index (κ2) is 9.39. The van der Waals surface area contributed by atoms with Crippen LogP contribution in [0.3, 0.4) is 0 Å². The molecule has 3 amide bonds. The molecule has 0 saturated carbocycles. The Morgan fingerprint density at radius 3 is 2.68 bits per heavy atom. The van der Waals surface area contributed by atoms with Crippen LogP contribution in [0, 0.1) is 0 Å². The van der Waals surface area contributed by atoms with E-state index in [2.05, 4.69) is 35.5 Å². The highest BCUT2D eigenvalue weighted by Gasteiger charge is 2.35. The first-order valence-corrected chi connectivity index (χ1v) is 12.4. The van der Waals surface area contributed by atoms with Crippen molar-refractivity contribution in [2.24, 2.45) is 7.05 Å². The summed E-state index contributed by atoms with van der Waals surface area (Å²) < 4.78 is 7.50. The largest absolute Gasteiger partial charge is 0.444 e. The lowest BCUT2D eigenvalue weighted by molar-refractivity contribution is -0.134. The van der Waals surface area contributed by atoms with E-state index in [-0.39, 0.29) is 23.9 Å². The number of carbonyl (C=O) groups is 3. The maximum Gasteiger partial charge on any atom is 0.410 e. The third-order valence-electron chi connectivity index (χ3n) is 6.91. The van der Waals surface area contributed by atoms with Crippen molar-refractivity contribution < 1.29 is 19.1 Å². The summed E-state index contributed by atoms with van der Waals surface area (Å²) in [7, 11) is 1.90. The molecular formula is C26H36N4O4. The number of benzene rings is 1. The van der Waals surface area contributed by atoms with Crippen molar-refractivity contribution in [3.8, 4) is 0 Å². The predicted octanol–water partition coefficient (Wildman–Crippen LogP) is 4.38. The average Bonchev–Trinajstić information content (AvgIpc) is 3.08. The third-order valence-corrected chi connectivity index (χ3v) is 6.91. The van der Waals surface area contributed by atoms with Gasteiger partial charge in [-0.1, -0.05) is 25.5 Å². The van der Waals surface area contributed by atoms with Gasteiger partial charge in [0.25, 0.3) is 0 Å². The highest BCUT2D eigenvalue weighted by Crippen LogP contribution is 2.37. The van der Waals surface area contributed by atoms with Gasteiger partial charge in [0.2, 0.25) is 11.8 Å². The smallest absolute Gasteiger partial charge is 0.410 e. The number of carbonyl (C=O) groups excluding carboxylic acids is 3. The molecule has 0 radical (unpaired) electrons. The summed E-state index contributed by atoms with van der Waals surface area (Å²) in [5.41, 5.74) is 2.45. The predicted molar refractivity (Wildman–Crippen MR) is 129 cm³/mol. The van der Waals surface area contributed by atoms with E-state index in [9.17, 15) is 14.4 Å². The Hall–Kier alpha value is -2.90. The number of piperidine rings is 2. The van der Waals surface area contributed by atoms with Crippen LogP contribution in [-0.4, -0.2) is 50.8 Å². The van der Waals surface area contributed by atoms with Gasteiger partial charge in [0.1, 0.15) is 5.60 Å². The number of nitrogens with one attached hydrogen (secondary N) is 1. The molecule has 3 atom stereocenters. The lowest BCUT2D eigenvalue weighted by Gasteiger charge is -2.40. The zero-order valence-electron chi connectivity index (χ0n) is 20.9. The van der Waals surface area contributed by atoms with Crippen LogP contribution in [0.5, 0.6) is 0 Å². The fourth-order valence-corrected chi connectivity index (χ4v) is 5.29. The molecule has 184 valence electrons. The Balaban J connectivity index is 1.56. The van der Waals surface area contributed by atoms with Crippen LogP contribution in [0.15, 0.2) is 18.2 Å². The number of nitrogens with zero attached hydrogens (tertiary/aromatic N) is 3. The van der Waals surface area contributed by atoms with E-state index in [1.54, 1.807) is 0 Å². The maximum absolute atomic E-state index is 12.8. The van der Waals surface area contributed by atoms with Crippen LogP contribution < -0.4 is 5.32 Å². The molecule has 2 fully saturated rings. The van der Waals surface area contributed by atoms with Gasteiger partial charge in [0, 0.05) is 31.4 Å². The second-order valence-corrected chi connectivity index (χ2v) is 10.6. The molecule has 34 heavy (non-hydrogen) atoms. The van der Waals surface area contributed by atoms with E-state index >= 15 is 0 Å². The number of rotatable bonds is 4. The molecule has 3 heterocycles. The number of hydrogen-bond donors (Lipinski definition) is 1. The van der Waals surface area contributed by atoms with Gasteiger partial charge in [0.15, 0.2) is 0 Å². The van der Waals surface area contributed by atoms with Gasteiger partial charge >= 0.3 is 6.09 Å². The second-order valence-electron chi connectivity index (χ2n) is 10.6. The zero-order chi connectivity index (χ0) is 24.6. The number of hydrogen-bond acceptors (Lipinski definition) is 5. The molecule has 8 heteroatoms. The Kier molecular flexibility index (Phi) is 6.69. The van der Waals surface area contributed by atoms with Gasteiger partial charge < -0.3 is 9.64 Å². The minimum Gasteiger partial charge on any atom is -0.444 e. The molecule has 0 bridgehead atoms. The van der Waals surface area contributed by atoms with Gasteiger partial charge in [-0.2, -0.15) is 5.10 Å². The SMILES string of the molecule is CCCC1CC(c2ccc3c(C4CCC(=O)NC4=O)nn(C)c3c2)CCN1C(=O)OC(C)(C)C. The molecule has 1 N–H and O–H groups in total. The highest BCUT2D eigenvalue weighted by atomic mass is 16.6. The van der Waals surface area contributed by atoms with E-state index in [1.165, 1.54) is 5.56 Å². The fraction of sp³-hybridized carbons (Fsp3) is 0.615. The van der Waals surface area contributed by atoms with Crippen LogP contribution in [0.4, 0.5) is 4.79 Å². The van der Waals surface area contributed by atoms with Crippen molar-refractivity contribution in [2.75, 3.05) is 6.54 Å². The molecular weight excluding hydrogens is 432 g/mol. The average molecular weight is 469 g/mol. The first kappa shape index (κ1) is 24.2. The van der Waals surface area contributed by atoms with E-state index < -0.39 is 11.5 Å². The Bertz CT molecular complexity index is 1100. The zero-order valence-corrected chi connectivity index (χ0v) is 20.9. The summed E-state index contributed by atoms with van der Waals surface area (Å²) in [4.78, 5) is 38.7. The van der Waals surface area contributed by atoms with Crippen molar-refractivity contribution >= 4 is 28.8 Å². The Labute approximate surface area is 201 Å². The number of likely N-dealkylation sites (tertiary alicyclic amines) is 1. The Morgan fingerprint density at radius 2 is 2.00 bits per heavy atom. The van der Waals surface area contributed by atoms with Crippen molar-refractivity contribution in [1.29, 1.82) is 0 Å². The van der Waals surface area contributed by atoms with Crippen LogP contribution in [0.2, 0.25) is 0 Å². The topological polar surface area (TPSA) is 93.5 Å². The standard InChI is InChI=1S/C26H36N4O4/c1-6-7-18-14-17(12-13-30(18)25(33)34-26(2,3)4)16-8-9-19-21(15-16)29(5)28-23(19)20-10-11-22(31)27-24(20)32/h8-9,15,17-18,20H,6-7,10-14H2,1-5H3,(H,27,31,32). The number of amides is 3. The summed E-state index contributed by atoms with van der Waals surface area (Å²) in [6.07, 6.45) is 4.33. The lowest BCUT2D eigenvalue weighted by atomic mass is 9.83. The molecule has 8 nitrogen and oxygen atoms in total. The summed E-state index contributed by atoms with van der Waals surface area (Å²) in [6, 6.07) is 6.52. The van der Waals surface area contributed by atoms with E-state index in [0.717, 1.165) is 42.3 Å². The van der Waals surface area contributed by atoms with Gasteiger partial charge in [-0.3, -0.25) is 19.6 Å². The number of aromatic nitrogens is 2. The Morgan fingerprint density at radius 1 is 1.24 bits per heavy atom. The number of ether oxygens (including phenoxy) is 1. The summed E-state index contributed by atoms with van der Waals surface area (Å²) >= 11 is 0. The molecule has 2 aliphatic rings. The minimum atomic E-state index is -0.504. The molecule has 4 rings (SSSR count). The molecule has 0 spiro atoms. The highest BCUT2D eigenvalue weighted by molar-refractivity contribution is 6.02. The molecule has 1 aromatic carbocycles. The summed E-state index contributed by atoms with van der Waals surface area (Å²) in [5.74, 6) is -0.549. The molecule has 2 saturated heterocycles. The maximum atomic E-state index is 12.8. The first-order chi connectivity index (χ1) is 16.1. The summed E-state index contributed by atoms with van der Waals surface area (Å²) in [5, 5.41) is 8.06. The molecule has 0 aliphatic carbocycles. The van der Waals surface area contributed by atoms with E-state index in [0.29, 0.717) is 25.3 Å². The van der Waals surface area contributed by atoms with Crippen molar-refractivity contribution in [1.82, 2.24) is 20.0 Å². The van der Waals surface area contributed by atoms with Gasteiger partial charge in [0.05, 0.1) is 17.1 Å². The summed E-state index contributed by atoms with van der Waals surface area (Å²) in [6.45, 7) is 8.53. The number of fused-ring (bicyclic) bond motifs is 1. The normalized spacial score (nSPS) is 23.8. The van der Waals surface area contributed by atoms with Crippen LogP contribution in [0.25, 0.3) is 10.9 Å². The third kappa shape index (κ3) is 4.95. The van der Waals surface area contributed by atoms with Gasteiger partial charge in [-0.25, -0.2) is 4.79 Å². The van der Waals surface area contributed by atoms with Gasteiger partial charge in [-0.05, 0) is 64.0 Å². The molecule has 2 aliphatic heterocycles. The number of aryl methyl sites for hydroxylation is 1. The van der Waals surface area contributed by atoms with E-state index in [4.69, 9.17) is 4.74 Å². The van der Waals surface area contributed by atoms with Crippen LogP contribution in [-0.2, 0) is 21.4 Å².